The van der Waals surface area contributed by atoms with E-state index < -0.39 is 11.7 Å². The molecule has 0 aromatic heterocycles. The highest BCUT2D eigenvalue weighted by Crippen LogP contribution is 2.33. The Morgan fingerprint density at radius 3 is 1.88 bits per heavy atom. The van der Waals surface area contributed by atoms with E-state index in [2.05, 4.69) is 19.9 Å². The standard InChI is InChI=1S/C14H15F3.C7H14/c1-10-2-4-11(5-3-10)12-6-8-13(9-7-12)14(15,16)17;1-7-5-3-2-4-6-7/h4,6-10H,2-3,5H2,1H3;7H,2-6H2,1H3. The van der Waals surface area contributed by atoms with E-state index in [4.69, 9.17) is 0 Å². The Morgan fingerprint density at radius 1 is 0.833 bits per heavy atom. The van der Waals surface area contributed by atoms with Crippen LogP contribution in [0.15, 0.2) is 30.3 Å². The molecule has 1 unspecified atom stereocenters. The van der Waals surface area contributed by atoms with E-state index in [-0.39, 0.29) is 0 Å². The summed E-state index contributed by atoms with van der Waals surface area (Å²) in [6, 6.07) is 5.47. The van der Waals surface area contributed by atoms with Crippen LogP contribution in [0.25, 0.3) is 5.57 Å². The molecule has 0 amide bonds. The van der Waals surface area contributed by atoms with E-state index in [1.165, 1.54) is 37.7 Å². The summed E-state index contributed by atoms with van der Waals surface area (Å²) in [6.45, 7) is 4.55. The van der Waals surface area contributed by atoms with Gasteiger partial charge in [-0.25, -0.2) is 0 Å². The van der Waals surface area contributed by atoms with Gasteiger partial charge in [0.05, 0.1) is 5.56 Å². The van der Waals surface area contributed by atoms with Crippen LogP contribution < -0.4 is 0 Å². The van der Waals surface area contributed by atoms with Crippen LogP contribution in [-0.2, 0) is 6.18 Å². The van der Waals surface area contributed by atoms with Gasteiger partial charge >= 0.3 is 6.18 Å². The molecule has 1 saturated carbocycles. The van der Waals surface area contributed by atoms with Crippen LogP contribution >= 0.6 is 0 Å². The third-order valence-electron chi connectivity index (χ3n) is 5.15. The Kier molecular flexibility index (Phi) is 6.94. The molecule has 0 nitrogen and oxygen atoms in total. The quantitative estimate of drug-likeness (QED) is 0.497. The van der Waals surface area contributed by atoms with Gasteiger partial charge in [-0.1, -0.05) is 64.2 Å². The smallest absolute Gasteiger partial charge is 0.166 e. The summed E-state index contributed by atoms with van der Waals surface area (Å²) in [7, 11) is 0. The van der Waals surface area contributed by atoms with Crippen molar-refractivity contribution in [1.82, 2.24) is 0 Å². The molecule has 0 bridgehead atoms. The van der Waals surface area contributed by atoms with Gasteiger partial charge in [-0.05, 0) is 54.4 Å². The van der Waals surface area contributed by atoms with Crippen molar-refractivity contribution in [3.63, 3.8) is 0 Å². The first-order chi connectivity index (χ1) is 11.4. The lowest BCUT2D eigenvalue weighted by Crippen LogP contribution is -2.05. The normalized spacial score (nSPS) is 22.4. The minimum atomic E-state index is -4.24. The molecule has 1 aromatic rings. The Hall–Kier alpha value is -1.25. The number of allylic oxidation sites excluding steroid dienone is 2. The minimum Gasteiger partial charge on any atom is -0.166 e. The van der Waals surface area contributed by atoms with Crippen LogP contribution in [0.2, 0.25) is 0 Å². The fourth-order valence-corrected chi connectivity index (χ4v) is 3.41. The van der Waals surface area contributed by atoms with Gasteiger partial charge in [0.15, 0.2) is 0 Å². The topological polar surface area (TPSA) is 0 Å². The maximum absolute atomic E-state index is 12.4. The second-order valence-corrected chi connectivity index (χ2v) is 7.43. The monoisotopic (exact) mass is 338 g/mol. The van der Waals surface area contributed by atoms with Crippen molar-refractivity contribution in [2.24, 2.45) is 11.8 Å². The van der Waals surface area contributed by atoms with Crippen LogP contribution in [0, 0.1) is 11.8 Å². The second-order valence-electron chi connectivity index (χ2n) is 7.43. The number of hydrogen-bond acceptors (Lipinski definition) is 0. The van der Waals surface area contributed by atoms with Crippen molar-refractivity contribution in [3.05, 3.63) is 41.5 Å². The van der Waals surface area contributed by atoms with E-state index in [1.807, 2.05) is 0 Å². The van der Waals surface area contributed by atoms with Gasteiger partial charge in [-0.3, -0.25) is 0 Å². The van der Waals surface area contributed by atoms with E-state index in [0.717, 1.165) is 42.9 Å². The first-order valence-electron chi connectivity index (χ1n) is 9.23. The van der Waals surface area contributed by atoms with Gasteiger partial charge in [0, 0.05) is 0 Å². The predicted molar refractivity (Wildman–Crippen MR) is 94.7 cm³/mol. The SMILES string of the molecule is CC1CC=C(c2ccc(C(F)(F)F)cc2)CC1.CC1CCCCC1. The van der Waals surface area contributed by atoms with Gasteiger partial charge < -0.3 is 0 Å². The van der Waals surface area contributed by atoms with Gasteiger partial charge in [-0.2, -0.15) is 13.2 Å². The fourth-order valence-electron chi connectivity index (χ4n) is 3.41. The first-order valence-corrected chi connectivity index (χ1v) is 9.23. The highest BCUT2D eigenvalue weighted by atomic mass is 19.4. The predicted octanol–water partition coefficient (Wildman–Crippen LogP) is 7.50. The molecule has 2 aliphatic carbocycles. The molecule has 0 spiro atoms. The lowest BCUT2D eigenvalue weighted by molar-refractivity contribution is -0.137. The molecular weight excluding hydrogens is 309 g/mol. The van der Waals surface area contributed by atoms with Crippen molar-refractivity contribution in [2.45, 2.75) is 71.4 Å². The third-order valence-corrected chi connectivity index (χ3v) is 5.15. The largest absolute Gasteiger partial charge is 0.416 e. The molecule has 3 rings (SSSR count). The summed E-state index contributed by atoms with van der Waals surface area (Å²) in [4.78, 5) is 0. The molecule has 0 aliphatic heterocycles. The van der Waals surface area contributed by atoms with Crippen LogP contribution in [-0.4, -0.2) is 0 Å². The number of rotatable bonds is 1. The van der Waals surface area contributed by atoms with Gasteiger partial charge in [-0.15, -0.1) is 0 Å². The lowest BCUT2D eigenvalue weighted by atomic mass is 9.87. The maximum Gasteiger partial charge on any atom is 0.416 e. The molecule has 24 heavy (non-hydrogen) atoms. The average Bonchev–Trinajstić information content (AvgIpc) is 2.56. The summed E-state index contributed by atoms with van der Waals surface area (Å²) in [5.74, 6) is 1.72. The summed E-state index contributed by atoms with van der Waals surface area (Å²) in [5, 5.41) is 0. The Labute approximate surface area is 144 Å². The van der Waals surface area contributed by atoms with Crippen LogP contribution in [0.5, 0.6) is 0 Å². The molecule has 3 heteroatoms. The number of benzene rings is 1. The Morgan fingerprint density at radius 2 is 1.46 bits per heavy atom. The highest BCUT2D eigenvalue weighted by Gasteiger charge is 2.30. The molecule has 0 saturated heterocycles. The third kappa shape index (κ3) is 5.99. The molecule has 1 atom stereocenters. The van der Waals surface area contributed by atoms with Gasteiger partial charge in [0.2, 0.25) is 0 Å². The molecule has 0 heterocycles. The van der Waals surface area contributed by atoms with E-state index in [1.54, 1.807) is 12.1 Å². The average molecular weight is 338 g/mol. The van der Waals surface area contributed by atoms with E-state index >= 15 is 0 Å². The van der Waals surface area contributed by atoms with Crippen LogP contribution in [0.1, 0.15) is 76.3 Å². The number of halogens is 3. The van der Waals surface area contributed by atoms with Crippen LogP contribution in [0.3, 0.4) is 0 Å². The van der Waals surface area contributed by atoms with Crippen molar-refractivity contribution in [1.29, 1.82) is 0 Å². The minimum absolute atomic E-state index is 0.578. The second kappa shape index (κ2) is 8.73. The molecular formula is C21H29F3. The van der Waals surface area contributed by atoms with Crippen LogP contribution in [0.4, 0.5) is 13.2 Å². The summed E-state index contributed by atoms with van der Waals surface area (Å²) < 4.78 is 37.2. The highest BCUT2D eigenvalue weighted by molar-refractivity contribution is 5.66. The molecule has 134 valence electrons. The van der Waals surface area contributed by atoms with Crippen molar-refractivity contribution in [2.75, 3.05) is 0 Å². The Bertz CT molecular complexity index is 519. The van der Waals surface area contributed by atoms with E-state index in [0.29, 0.717) is 5.92 Å². The molecule has 2 aliphatic rings. The Balaban J connectivity index is 0.000000249. The van der Waals surface area contributed by atoms with Crippen molar-refractivity contribution < 1.29 is 13.2 Å². The molecule has 1 aromatic carbocycles. The summed E-state index contributed by atoms with van der Waals surface area (Å²) >= 11 is 0. The van der Waals surface area contributed by atoms with Gasteiger partial charge in [0.25, 0.3) is 0 Å². The summed E-state index contributed by atoms with van der Waals surface area (Å²) in [5.41, 5.74) is 1.52. The summed E-state index contributed by atoms with van der Waals surface area (Å²) in [6.07, 6.45) is 8.45. The molecule has 0 N–H and O–H groups in total. The number of alkyl halides is 3. The molecule has 0 radical (unpaired) electrons. The zero-order valence-corrected chi connectivity index (χ0v) is 14.8. The van der Waals surface area contributed by atoms with Gasteiger partial charge in [0.1, 0.15) is 0 Å². The lowest BCUT2D eigenvalue weighted by Gasteiger charge is -2.18. The van der Waals surface area contributed by atoms with E-state index in [9.17, 15) is 13.2 Å². The number of hydrogen-bond donors (Lipinski definition) is 0. The van der Waals surface area contributed by atoms with Crippen molar-refractivity contribution >= 4 is 5.57 Å². The fraction of sp³-hybridized carbons (Fsp3) is 0.619. The zero-order chi connectivity index (χ0) is 17.6. The first kappa shape index (κ1) is 19.1. The maximum atomic E-state index is 12.4. The zero-order valence-electron chi connectivity index (χ0n) is 14.8. The van der Waals surface area contributed by atoms with Crippen molar-refractivity contribution in [3.8, 4) is 0 Å². The molecule has 1 fully saturated rings.